The minimum Gasteiger partial charge on any atom is -0.326 e. The van der Waals surface area contributed by atoms with Crippen LogP contribution in [0.25, 0.3) is 0 Å². The second kappa shape index (κ2) is 5.82. The molecular formula is C13H14BrN3S. The van der Waals surface area contributed by atoms with Crippen LogP contribution in [0.1, 0.15) is 17.0 Å². The highest BCUT2D eigenvalue weighted by Crippen LogP contribution is 2.30. The van der Waals surface area contributed by atoms with Gasteiger partial charge in [0, 0.05) is 27.3 Å². The molecule has 94 valence electrons. The zero-order valence-electron chi connectivity index (χ0n) is 10.3. The van der Waals surface area contributed by atoms with E-state index in [-0.39, 0.29) is 0 Å². The minimum absolute atomic E-state index is 0.507. The zero-order chi connectivity index (χ0) is 13.1. The first kappa shape index (κ1) is 13.5. The fourth-order valence-corrected chi connectivity index (χ4v) is 3.04. The van der Waals surface area contributed by atoms with E-state index in [1.165, 1.54) is 0 Å². The van der Waals surface area contributed by atoms with Crippen molar-refractivity contribution in [3.8, 4) is 0 Å². The van der Waals surface area contributed by atoms with Gasteiger partial charge in [0.15, 0.2) is 5.16 Å². The van der Waals surface area contributed by atoms with Crippen LogP contribution >= 0.6 is 27.7 Å². The average molecular weight is 324 g/mol. The van der Waals surface area contributed by atoms with E-state index in [1.807, 2.05) is 38.1 Å². The largest absolute Gasteiger partial charge is 0.326 e. The van der Waals surface area contributed by atoms with Gasteiger partial charge in [-0.15, -0.1) is 0 Å². The predicted octanol–water partition coefficient (Wildman–Crippen LogP) is 3.47. The molecule has 0 aliphatic rings. The highest BCUT2D eigenvalue weighted by atomic mass is 79.9. The summed E-state index contributed by atoms with van der Waals surface area (Å²) in [6.45, 7) is 4.46. The summed E-state index contributed by atoms with van der Waals surface area (Å²) < 4.78 is 1.04. The van der Waals surface area contributed by atoms with Crippen molar-refractivity contribution in [2.45, 2.75) is 30.4 Å². The lowest BCUT2D eigenvalue weighted by atomic mass is 10.2. The van der Waals surface area contributed by atoms with Gasteiger partial charge in [-0.2, -0.15) is 0 Å². The molecule has 1 aromatic carbocycles. The first-order valence-corrected chi connectivity index (χ1v) is 7.18. The molecule has 0 saturated heterocycles. The van der Waals surface area contributed by atoms with Gasteiger partial charge in [0.25, 0.3) is 0 Å². The smallest absolute Gasteiger partial charge is 0.192 e. The van der Waals surface area contributed by atoms with Gasteiger partial charge in [0.2, 0.25) is 0 Å². The summed E-state index contributed by atoms with van der Waals surface area (Å²) in [7, 11) is 0. The van der Waals surface area contributed by atoms with E-state index in [2.05, 4.69) is 25.9 Å². The lowest BCUT2D eigenvalue weighted by molar-refractivity contribution is 0.900. The molecule has 18 heavy (non-hydrogen) atoms. The maximum absolute atomic E-state index is 5.76. The molecule has 0 spiro atoms. The molecule has 1 aromatic heterocycles. The number of nitrogens with two attached hydrogens (primary N) is 1. The van der Waals surface area contributed by atoms with Crippen molar-refractivity contribution in [3.05, 3.63) is 45.7 Å². The minimum atomic E-state index is 0.507. The fraction of sp³-hybridized carbons (Fsp3) is 0.231. The molecule has 2 N–H and O–H groups in total. The number of aromatic nitrogens is 2. The Bertz CT molecular complexity index is 552. The SMILES string of the molecule is Cc1cc(C)nc(Sc2ccc(Br)cc2CN)n1. The summed E-state index contributed by atoms with van der Waals surface area (Å²) in [5.74, 6) is 0. The third kappa shape index (κ3) is 3.31. The van der Waals surface area contributed by atoms with Gasteiger partial charge in [0.1, 0.15) is 0 Å². The first-order valence-electron chi connectivity index (χ1n) is 5.57. The van der Waals surface area contributed by atoms with Crippen LogP contribution in [0, 0.1) is 13.8 Å². The summed E-state index contributed by atoms with van der Waals surface area (Å²) in [6, 6.07) is 8.04. The maximum atomic E-state index is 5.76. The third-order valence-corrected chi connectivity index (χ3v) is 3.88. The molecular weight excluding hydrogens is 310 g/mol. The Morgan fingerprint density at radius 2 is 1.83 bits per heavy atom. The highest BCUT2D eigenvalue weighted by molar-refractivity contribution is 9.10. The number of hydrogen-bond donors (Lipinski definition) is 1. The van der Waals surface area contributed by atoms with Crippen molar-refractivity contribution in [3.63, 3.8) is 0 Å². The van der Waals surface area contributed by atoms with Crippen LogP contribution in [0.2, 0.25) is 0 Å². The van der Waals surface area contributed by atoms with E-state index >= 15 is 0 Å². The standard InChI is InChI=1S/C13H14BrN3S/c1-8-5-9(2)17-13(16-8)18-12-4-3-11(14)6-10(12)7-15/h3-6H,7,15H2,1-2H3. The summed E-state index contributed by atoms with van der Waals surface area (Å²) in [6.07, 6.45) is 0. The average Bonchev–Trinajstić information content (AvgIpc) is 2.30. The van der Waals surface area contributed by atoms with Crippen LogP contribution < -0.4 is 5.73 Å². The molecule has 0 saturated carbocycles. The van der Waals surface area contributed by atoms with Crippen molar-refractivity contribution in [1.82, 2.24) is 9.97 Å². The van der Waals surface area contributed by atoms with E-state index in [9.17, 15) is 0 Å². The van der Waals surface area contributed by atoms with Gasteiger partial charge >= 0.3 is 0 Å². The highest BCUT2D eigenvalue weighted by Gasteiger charge is 2.07. The normalized spacial score (nSPS) is 10.7. The van der Waals surface area contributed by atoms with Crippen LogP contribution in [-0.2, 0) is 6.54 Å². The second-order valence-electron chi connectivity index (χ2n) is 3.99. The lowest BCUT2D eigenvalue weighted by Crippen LogP contribution is -1.99. The Kier molecular flexibility index (Phi) is 4.37. The van der Waals surface area contributed by atoms with Crippen molar-refractivity contribution in [2.24, 2.45) is 5.73 Å². The first-order chi connectivity index (χ1) is 8.58. The molecule has 2 aromatic rings. The van der Waals surface area contributed by atoms with Crippen LogP contribution in [0.3, 0.4) is 0 Å². The molecule has 0 bridgehead atoms. The van der Waals surface area contributed by atoms with E-state index in [0.29, 0.717) is 6.54 Å². The molecule has 5 heteroatoms. The molecule has 0 atom stereocenters. The topological polar surface area (TPSA) is 51.8 Å². The quantitative estimate of drug-likeness (QED) is 0.879. The van der Waals surface area contributed by atoms with Crippen molar-refractivity contribution in [1.29, 1.82) is 0 Å². The fourth-order valence-electron chi connectivity index (χ4n) is 1.64. The number of rotatable bonds is 3. The van der Waals surface area contributed by atoms with Crippen LogP contribution in [0.15, 0.2) is 38.8 Å². The number of nitrogens with zero attached hydrogens (tertiary/aromatic N) is 2. The van der Waals surface area contributed by atoms with Gasteiger partial charge in [-0.05, 0) is 55.4 Å². The Hall–Kier alpha value is -0.910. The van der Waals surface area contributed by atoms with E-state index in [4.69, 9.17) is 5.73 Å². The monoisotopic (exact) mass is 323 g/mol. The van der Waals surface area contributed by atoms with Gasteiger partial charge < -0.3 is 5.73 Å². The molecule has 0 aliphatic heterocycles. The van der Waals surface area contributed by atoms with Crippen molar-refractivity contribution in [2.75, 3.05) is 0 Å². The molecule has 0 unspecified atom stereocenters. The Morgan fingerprint density at radius 1 is 1.17 bits per heavy atom. The van der Waals surface area contributed by atoms with Crippen LogP contribution in [0.4, 0.5) is 0 Å². The van der Waals surface area contributed by atoms with Gasteiger partial charge in [0.05, 0.1) is 0 Å². The third-order valence-electron chi connectivity index (χ3n) is 2.41. The van der Waals surface area contributed by atoms with Crippen LogP contribution in [-0.4, -0.2) is 9.97 Å². The number of hydrogen-bond acceptors (Lipinski definition) is 4. The molecule has 1 heterocycles. The summed E-state index contributed by atoms with van der Waals surface area (Å²) >= 11 is 5.00. The van der Waals surface area contributed by atoms with E-state index in [1.54, 1.807) is 11.8 Å². The summed E-state index contributed by atoms with van der Waals surface area (Å²) in [5.41, 5.74) is 8.82. The maximum Gasteiger partial charge on any atom is 0.192 e. The number of halogens is 1. The van der Waals surface area contributed by atoms with E-state index in [0.717, 1.165) is 31.5 Å². The molecule has 3 nitrogen and oxygen atoms in total. The van der Waals surface area contributed by atoms with Crippen molar-refractivity contribution < 1.29 is 0 Å². The Labute approximate surface area is 119 Å². The summed E-state index contributed by atoms with van der Waals surface area (Å²) in [5, 5.41) is 0.768. The predicted molar refractivity (Wildman–Crippen MR) is 77.7 cm³/mol. The Morgan fingerprint density at radius 3 is 2.44 bits per heavy atom. The number of benzene rings is 1. The molecule has 0 amide bonds. The zero-order valence-corrected chi connectivity index (χ0v) is 12.7. The molecule has 0 fully saturated rings. The van der Waals surface area contributed by atoms with Crippen molar-refractivity contribution >= 4 is 27.7 Å². The second-order valence-corrected chi connectivity index (χ2v) is 5.92. The Balaban J connectivity index is 2.33. The summed E-state index contributed by atoms with van der Waals surface area (Å²) in [4.78, 5) is 9.96. The van der Waals surface area contributed by atoms with Crippen LogP contribution in [0.5, 0.6) is 0 Å². The van der Waals surface area contributed by atoms with Gasteiger partial charge in [-0.1, -0.05) is 15.9 Å². The molecule has 0 aliphatic carbocycles. The van der Waals surface area contributed by atoms with Gasteiger partial charge in [-0.25, -0.2) is 9.97 Å². The number of aryl methyl sites for hydroxylation is 2. The van der Waals surface area contributed by atoms with E-state index < -0.39 is 0 Å². The van der Waals surface area contributed by atoms with Gasteiger partial charge in [-0.3, -0.25) is 0 Å². The molecule has 0 radical (unpaired) electrons. The molecule has 2 rings (SSSR count). The lowest BCUT2D eigenvalue weighted by Gasteiger charge is -2.08.